The highest BCUT2D eigenvalue weighted by Crippen LogP contribution is 2.19. The van der Waals surface area contributed by atoms with Crippen LogP contribution in [0.25, 0.3) is 22.1 Å². The molecule has 3 heterocycles. The molecule has 2 aromatic carbocycles. The number of methoxy groups -OCH3 is 1. The third-order valence-corrected chi connectivity index (χ3v) is 5.82. The number of hydrogen-bond acceptors (Lipinski definition) is 7. The second-order valence-corrected chi connectivity index (χ2v) is 8.05. The lowest BCUT2D eigenvalue weighted by Gasteiger charge is -2.08. The number of benzene rings is 2. The zero-order chi connectivity index (χ0) is 24.5. The summed E-state index contributed by atoms with van der Waals surface area (Å²) in [7, 11) is 4.92. The zero-order valence-electron chi connectivity index (χ0n) is 19.5. The van der Waals surface area contributed by atoms with E-state index < -0.39 is 11.2 Å². The Labute approximate surface area is 199 Å². The Hall–Kier alpha value is -4.73. The first-order valence-corrected chi connectivity index (χ1v) is 10.9. The highest BCUT2D eigenvalue weighted by molar-refractivity contribution is 5.86. The van der Waals surface area contributed by atoms with Crippen molar-refractivity contribution in [2.75, 3.05) is 12.5 Å². The van der Waals surface area contributed by atoms with Crippen LogP contribution >= 0.6 is 0 Å². The van der Waals surface area contributed by atoms with Crippen molar-refractivity contribution in [2.45, 2.75) is 6.54 Å². The van der Waals surface area contributed by atoms with Crippen LogP contribution in [-0.2, 0) is 20.6 Å². The van der Waals surface area contributed by atoms with Crippen molar-refractivity contribution in [3.63, 3.8) is 0 Å². The summed E-state index contributed by atoms with van der Waals surface area (Å²) < 4.78 is 9.42. The van der Waals surface area contributed by atoms with E-state index in [9.17, 15) is 9.59 Å². The van der Waals surface area contributed by atoms with E-state index in [1.165, 1.54) is 9.13 Å². The average molecular weight is 470 g/mol. The smallest absolute Gasteiger partial charge is 0.332 e. The number of fused-ring (bicyclic) bond motifs is 2. The molecule has 0 aliphatic rings. The summed E-state index contributed by atoms with van der Waals surface area (Å²) >= 11 is 0. The monoisotopic (exact) mass is 469 g/mol. The molecule has 0 bridgehead atoms. The summed E-state index contributed by atoms with van der Waals surface area (Å²) in [5.74, 6) is 1.09. The molecule has 0 radical (unpaired) electrons. The molecule has 3 aromatic heterocycles. The molecule has 10 nitrogen and oxygen atoms in total. The van der Waals surface area contributed by atoms with Crippen LogP contribution in [0.5, 0.6) is 5.75 Å². The SMILES string of the molecule is COc1ccc2nc(/C=N/Nc3nc4c(c(=O)n(Cc5ccccc5)c(=O)n4C)n3C)ccc2c1. The Balaban J connectivity index is 1.46. The molecule has 0 amide bonds. The minimum atomic E-state index is -0.434. The molecule has 0 saturated carbocycles. The molecule has 5 aromatic rings. The van der Waals surface area contributed by atoms with Crippen molar-refractivity contribution in [1.82, 2.24) is 23.7 Å². The molecule has 5 rings (SSSR count). The van der Waals surface area contributed by atoms with Crippen LogP contribution in [0.15, 0.2) is 75.4 Å². The van der Waals surface area contributed by atoms with Crippen molar-refractivity contribution in [3.8, 4) is 5.75 Å². The Bertz CT molecular complexity index is 1700. The summed E-state index contributed by atoms with van der Waals surface area (Å²) in [6.45, 7) is 0.174. The highest BCUT2D eigenvalue weighted by atomic mass is 16.5. The van der Waals surface area contributed by atoms with E-state index in [4.69, 9.17) is 4.74 Å². The Morgan fingerprint density at radius 1 is 1.00 bits per heavy atom. The maximum atomic E-state index is 13.2. The fourth-order valence-corrected chi connectivity index (χ4v) is 3.92. The zero-order valence-corrected chi connectivity index (χ0v) is 19.5. The number of aromatic nitrogens is 5. The normalized spacial score (nSPS) is 11.5. The van der Waals surface area contributed by atoms with Gasteiger partial charge in [0.2, 0.25) is 5.95 Å². The van der Waals surface area contributed by atoms with Crippen LogP contribution in [0.4, 0.5) is 5.95 Å². The molecule has 0 atom stereocenters. The molecule has 1 N–H and O–H groups in total. The maximum absolute atomic E-state index is 13.2. The van der Waals surface area contributed by atoms with Gasteiger partial charge >= 0.3 is 5.69 Å². The molecule has 176 valence electrons. The number of nitrogens with zero attached hydrogens (tertiary/aromatic N) is 6. The van der Waals surface area contributed by atoms with E-state index in [-0.39, 0.29) is 12.2 Å². The lowest BCUT2D eigenvalue weighted by Crippen LogP contribution is -2.39. The molecule has 0 unspecified atom stereocenters. The van der Waals surface area contributed by atoms with Gasteiger partial charge in [0.1, 0.15) is 5.75 Å². The third kappa shape index (κ3) is 4.05. The predicted octanol–water partition coefficient (Wildman–Crippen LogP) is 2.48. The molecule has 0 aliphatic heterocycles. The first-order chi connectivity index (χ1) is 17.0. The lowest BCUT2D eigenvalue weighted by atomic mass is 10.2. The van der Waals surface area contributed by atoms with Gasteiger partial charge in [0.15, 0.2) is 11.2 Å². The molecule has 10 heteroatoms. The minimum absolute atomic E-state index is 0.174. The molecule has 0 spiro atoms. The van der Waals surface area contributed by atoms with E-state index in [0.29, 0.717) is 17.2 Å². The van der Waals surface area contributed by atoms with E-state index in [1.54, 1.807) is 32.0 Å². The number of pyridine rings is 1. The van der Waals surface area contributed by atoms with Gasteiger partial charge in [0.25, 0.3) is 5.56 Å². The van der Waals surface area contributed by atoms with Gasteiger partial charge in [-0.1, -0.05) is 36.4 Å². The largest absolute Gasteiger partial charge is 0.497 e. The van der Waals surface area contributed by atoms with Crippen LogP contribution in [0.3, 0.4) is 0 Å². The molecule has 0 fully saturated rings. The lowest BCUT2D eigenvalue weighted by molar-refractivity contribution is 0.415. The van der Waals surface area contributed by atoms with Gasteiger partial charge in [-0.3, -0.25) is 13.9 Å². The fourth-order valence-electron chi connectivity index (χ4n) is 3.92. The Kier molecular flexibility index (Phi) is 5.61. The second-order valence-electron chi connectivity index (χ2n) is 8.05. The van der Waals surface area contributed by atoms with Crippen molar-refractivity contribution < 1.29 is 4.74 Å². The van der Waals surface area contributed by atoms with E-state index in [0.717, 1.165) is 22.2 Å². The van der Waals surface area contributed by atoms with Gasteiger partial charge in [-0.25, -0.2) is 15.2 Å². The van der Waals surface area contributed by atoms with Crippen LogP contribution in [0.1, 0.15) is 11.3 Å². The number of hydrazone groups is 1. The van der Waals surface area contributed by atoms with Crippen molar-refractivity contribution in [3.05, 3.63) is 92.8 Å². The van der Waals surface area contributed by atoms with Gasteiger partial charge in [-0.15, -0.1) is 0 Å². The molecule has 35 heavy (non-hydrogen) atoms. The third-order valence-electron chi connectivity index (χ3n) is 5.82. The van der Waals surface area contributed by atoms with Gasteiger partial charge < -0.3 is 9.30 Å². The van der Waals surface area contributed by atoms with Crippen molar-refractivity contribution in [1.29, 1.82) is 0 Å². The van der Waals surface area contributed by atoms with Crippen molar-refractivity contribution in [2.24, 2.45) is 19.2 Å². The van der Waals surface area contributed by atoms with Crippen LogP contribution < -0.4 is 21.4 Å². The number of rotatable bonds is 6. The summed E-state index contributed by atoms with van der Waals surface area (Å²) in [5.41, 5.74) is 4.91. The van der Waals surface area contributed by atoms with Gasteiger partial charge in [-0.2, -0.15) is 10.1 Å². The minimum Gasteiger partial charge on any atom is -0.497 e. The Morgan fingerprint density at radius 2 is 1.80 bits per heavy atom. The van der Waals surface area contributed by atoms with Gasteiger partial charge in [0.05, 0.1) is 31.1 Å². The first kappa shape index (κ1) is 22.1. The second kappa shape index (κ2) is 8.90. The number of anilines is 1. The average Bonchev–Trinajstić information content (AvgIpc) is 3.21. The fraction of sp³-hybridized carbons (Fsp3) is 0.160. The van der Waals surface area contributed by atoms with E-state index in [2.05, 4.69) is 20.5 Å². The number of hydrogen-bond donors (Lipinski definition) is 1. The first-order valence-electron chi connectivity index (χ1n) is 10.9. The number of aryl methyl sites for hydroxylation is 2. The van der Waals surface area contributed by atoms with Crippen molar-refractivity contribution >= 4 is 34.2 Å². The Morgan fingerprint density at radius 3 is 2.57 bits per heavy atom. The number of nitrogens with one attached hydrogen (secondary N) is 1. The quantitative estimate of drug-likeness (QED) is 0.302. The summed E-state index contributed by atoms with van der Waals surface area (Å²) in [6.07, 6.45) is 1.57. The molecule has 0 aliphatic carbocycles. The summed E-state index contributed by atoms with van der Waals surface area (Å²) in [6, 6.07) is 18.8. The molecular weight excluding hydrogens is 446 g/mol. The standard InChI is InChI=1S/C25H23N7O3/c1-30-21-22(31(2)25(34)32(23(21)33)15-16-7-5-4-6-8-16)28-24(30)29-26-14-18-10-9-17-13-19(35-3)11-12-20(17)27-18/h4-14H,15H2,1-3H3,(H,28,29)/b26-14+. The number of imidazole rings is 1. The highest BCUT2D eigenvalue weighted by Gasteiger charge is 2.18. The summed E-state index contributed by atoms with van der Waals surface area (Å²) in [4.78, 5) is 35.1. The van der Waals surface area contributed by atoms with E-state index >= 15 is 0 Å². The summed E-state index contributed by atoms with van der Waals surface area (Å²) in [5, 5.41) is 5.19. The van der Waals surface area contributed by atoms with Crippen LogP contribution in [0.2, 0.25) is 0 Å². The van der Waals surface area contributed by atoms with Crippen LogP contribution in [0, 0.1) is 0 Å². The van der Waals surface area contributed by atoms with Gasteiger partial charge in [-0.05, 0) is 29.8 Å². The molecular formula is C25H23N7O3. The van der Waals surface area contributed by atoms with E-state index in [1.807, 2.05) is 60.7 Å². The number of ether oxygens (including phenoxy) is 1. The van der Waals surface area contributed by atoms with Gasteiger partial charge in [0, 0.05) is 19.5 Å². The maximum Gasteiger partial charge on any atom is 0.332 e. The molecule has 0 saturated heterocycles. The topological polar surface area (TPSA) is 108 Å². The predicted molar refractivity (Wildman–Crippen MR) is 135 cm³/mol. The van der Waals surface area contributed by atoms with Crippen LogP contribution in [-0.4, -0.2) is 37.0 Å².